The van der Waals surface area contributed by atoms with E-state index in [1.165, 1.54) is 27.1 Å². The molecule has 2 aliphatic rings. The summed E-state index contributed by atoms with van der Waals surface area (Å²) < 4.78 is 0. The minimum absolute atomic E-state index is 0.180. The summed E-state index contributed by atoms with van der Waals surface area (Å²) in [5.41, 5.74) is 7.60. The lowest BCUT2D eigenvalue weighted by Gasteiger charge is -2.30. The zero-order valence-electron chi connectivity index (χ0n) is 15.4. The van der Waals surface area contributed by atoms with E-state index in [0.717, 1.165) is 61.6 Å². The van der Waals surface area contributed by atoms with Crippen molar-refractivity contribution >= 4 is 45.0 Å². The molecule has 4 heterocycles. The first-order chi connectivity index (χ1) is 12.5. The molecule has 2 aromatic heterocycles. The quantitative estimate of drug-likeness (QED) is 0.606. The van der Waals surface area contributed by atoms with Gasteiger partial charge in [0.1, 0.15) is 17.2 Å². The van der Waals surface area contributed by atoms with Gasteiger partial charge in [-0.2, -0.15) is 0 Å². The normalized spacial score (nSPS) is 21.2. The molecule has 0 bridgehead atoms. The highest BCUT2D eigenvalue weighted by molar-refractivity contribution is 7.99. The molecule has 0 saturated carbocycles. The van der Waals surface area contributed by atoms with Crippen LogP contribution in [0.2, 0.25) is 0 Å². The van der Waals surface area contributed by atoms with Gasteiger partial charge in [-0.15, -0.1) is 11.3 Å². The number of thioether (sulfide) groups is 1. The number of nitrogen functional groups attached to an aromatic ring is 1. The lowest BCUT2D eigenvalue weighted by atomic mass is 9.99. The van der Waals surface area contributed by atoms with Crippen LogP contribution in [0.4, 0.5) is 5.82 Å². The second-order valence-electron chi connectivity index (χ2n) is 7.56. The summed E-state index contributed by atoms with van der Waals surface area (Å²) in [5.74, 6) is 1.86. The van der Waals surface area contributed by atoms with Gasteiger partial charge >= 0.3 is 0 Å². The number of piperidine rings is 1. The molecule has 1 fully saturated rings. The van der Waals surface area contributed by atoms with Crippen LogP contribution in [-0.4, -0.2) is 53.2 Å². The highest BCUT2D eigenvalue weighted by Crippen LogP contribution is 2.35. The Balaban J connectivity index is 1.48. The van der Waals surface area contributed by atoms with E-state index >= 15 is 0 Å². The van der Waals surface area contributed by atoms with Crippen molar-refractivity contribution in [3.05, 3.63) is 10.4 Å². The number of rotatable bonds is 3. The minimum Gasteiger partial charge on any atom is -0.383 e. The SMILES string of the molecule is CC1CCN(C(=O)CSc2nc(N)c3c4c(sc3n2)C[NH+](C)CC4)CC1. The van der Waals surface area contributed by atoms with E-state index in [0.29, 0.717) is 16.7 Å². The number of likely N-dealkylation sites (N-methyl/N-ethyl adjacent to an activating group) is 1. The number of amides is 1. The van der Waals surface area contributed by atoms with E-state index < -0.39 is 0 Å². The maximum atomic E-state index is 12.4. The summed E-state index contributed by atoms with van der Waals surface area (Å²) in [5, 5.41) is 1.66. The van der Waals surface area contributed by atoms with Gasteiger partial charge in [-0.25, -0.2) is 9.97 Å². The average Bonchev–Trinajstić information content (AvgIpc) is 2.98. The number of hydrogen-bond donors (Lipinski definition) is 2. The largest absolute Gasteiger partial charge is 0.383 e. The number of hydrogen-bond acceptors (Lipinski definition) is 6. The lowest BCUT2D eigenvalue weighted by Crippen LogP contribution is -3.08. The van der Waals surface area contributed by atoms with Crippen LogP contribution in [-0.2, 0) is 17.8 Å². The number of nitrogens with zero attached hydrogens (tertiary/aromatic N) is 3. The van der Waals surface area contributed by atoms with Crippen molar-refractivity contribution in [2.45, 2.75) is 37.9 Å². The molecule has 0 radical (unpaired) electrons. The van der Waals surface area contributed by atoms with Crippen molar-refractivity contribution in [3.8, 4) is 0 Å². The summed E-state index contributed by atoms with van der Waals surface area (Å²) in [7, 11) is 2.22. The molecule has 26 heavy (non-hydrogen) atoms. The Hall–Kier alpha value is -1.38. The number of anilines is 1. The third-order valence-electron chi connectivity index (χ3n) is 5.47. The van der Waals surface area contributed by atoms with Gasteiger partial charge in [0.05, 0.1) is 29.6 Å². The zero-order valence-corrected chi connectivity index (χ0v) is 17.0. The third-order valence-corrected chi connectivity index (χ3v) is 7.42. The molecular weight excluding hydrogens is 366 g/mol. The molecule has 0 aliphatic carbocycles. The number of nitrogens with one attached hydrogen (secondary N) is 1. The van der Waals surface area contributed by atoms with Crippen LogP contribution in [0, 0.1) is 5.92 Å². The Morgan fingerprint density at radius 1 is 1.38 bits per heavy atom. The Labute approximate surface area is 162 Å². The molecule has 0 spiro atoms. The first-order valence-electron chi connectivity index (χ1n) is 9.31. The van der Waals surface area contributed by atoms with Gasteiger partial charge in [-0.1, -0.05) is 18.7 Å². The summed E-state index contributed by atoms with van der Waals surface area (Å²) in [6.45, 7) is 6.15. The number of likely N-dealkylation sites (tertiary alicyclic amines) is 1. The lowest BCUT2D eigenvalue weighted by molar-refractivity contribution is -0.895. The molecule has 1 unspecified atom stereocenters. The summed E-state index contributed by atoms with van der Waals surface area (Å²) in [6.07, 6.45) is 3.24. The van der Waals surface area contributed by atoms with Gasteiger partial charge in [-0.05, 0) is 24.3 Å². The van der Waals surface area contributed by atoms with Gasteiger partial charge in [0.15, 0.2) is 5.16 Å². The monoisotopic (exact) mass is 392 g/mol. The fourth-order valence-electron chi connectivity index (χ4n) is 3.76. The first kappa shape index (κ1) is 18.0. The van der Waals surface area contributed by atoms with Crippen LogP contribution in [0.1, 0.15) is 30.2 Å². The average molecular weight is 393 g/mol. The third kappa shape index (κ3) is 3.54. The van der Waals surface area contributed by atoms with Crippen molar-refractivity contribution < 1.29 is 9.69 Å². The Morgan fingerprint density at radius 3 is 2.92 bits per heavy atom. The maximum absolute atomic E-state index is 12.4. The first-order valence-corrected chi connectivity index (χ1v) is 11.1. The van der Waals surface area contributed by atoms with Crippen LogP contribution in [0.25, 0.3) is 10.2 Å². The maximum Gasteiger partial charge on any atom is 0.233 e. The molecule has 1 saturated heterocycles. The van der Waals surface area contributed by atoms with Crippen molar-refractivity contribution in [2.24, 2.45) is 5.92 Å². The van der Waals surface area contributed by atoms with Crippen LogP contribution in [0.5, 0.6) is 0 Å². The van der Waals surface area contributed by atoms with Gasteiger partial charge in [-0.3, -0.25) is 4.79 Å². The molecular formula is C18H26N5OS2+. The number of quaternary nitrogens is 1. The van der Waals surface area contributed by atoms with Gasteiger partial charge < -0.3 is 15.5 Å². The van der Waals surface area contributed by atoms with Gasteiger partial charge in [0, 0.05) is 19.5 Å². The van der Waals surface area contributed by atoms with Crippen molar-refractivity contribution in [1.29, 1.82) is 0 Å². The van der Waals surface area contributed by atoms with Crippen molar-refractivity contribution in [1.82, 2.24) is 14.9 Å². The van der Waals surface area contributed by atoms with E-state index in [2.05, 4.69) is 19.0 Å². The Bertz CT molecular complexity index is 829. The second-order valence-corrected chi connectivity index (χ2v) is 9.59. The van der Waals surface area contributed by atoms with Crippen molar-refractivity contribution in [3.63, 3.8) is 0 Å². The fourth-order valence-corrected chi connectivity index (χ4v) is 5.91. The van der Waals surface area contributed by atoms with Gasteiger partial charge in [0.25, 0.3) is 0 Å². The van der Waals surface area contributed by atoms with E-state index in [4.69, 9.17) is 10.7 Å². The predicted molar refractivity (Wildman–Crippen MR) is 107 cm³/mol. The van der Waals surface area contributed by atoms with Crippen LogP contribution in [0.15, 0.2) is 5.16 Å². The number of aromatic nitrogens is 2. The topological polar surface area (TPSA) is 76.5 Å². The van der Waals surface area contributed by atoms with E-state index in [1.54, 1.807) is 11.3 Å². The molecule has 3 N–H and O–H groups in total. The number of carbonyl (C=O) groups excluding carboxylic acids is 1. The van der Waals surface area contributed by atoms with E-state index in [1.807, 2.05) is 4.90 Å². The number of carbonyl (C=O) groups is 1. The molecule has 1 atom stereocenters. The van der Waals surface area contributed by atoms with E-state index in [9.17, 15) is 4.79 Å². The van der Waals surface area contributed by atoms with Crippen molar-refractivity contribution in [2.75, 3.05) is 38.2 Å². The molecule has 140 valence electrons. The standard InChI is InChI=1S/C18H25N5OS2/c1-11-3-7-23(8-4-11)14(24)10-25-18-20-16(19)15-12-5-6-22(2)9-13(12)26-17(15)21-18/h11H,3-10H2,1-2H3,(H2,19,20,21)/p+1. The number of thiophene rings is 1. The molecule has 4 rings (SSSR count). The number of nitrogens with two attached hydrogens (primary N) is 1. The Kier molecular flexibility index (Phi) is 5.07. The highest BCUT2D eigenvalue weighted by Gasteiger charge is 2.25. The second kappa shape index (κ2) is 7.32. The molecule has 8 heteroatoms. The minimum atomic E-state index is 0.180. The fraction of sp³-hybridized carbons (Fsp3) is 0.611. The zero-order chi connectivity index (χ0) is 18.3. The van der Waals surface area contributed by atoms with Crippen LogP contribution >= 0.6 is 23.1 Å². The molecule has 2 aliphatic heterocycles. The molecule has 2 aromatic rings. The van der Waals surface area contributed by atoms with E-state index in [-0.39, 0.29) is 5.91 Å². The molecule has 0 aromatic carbocycles. The highest BCUT2D eigenvalue weighted by atomic mass is 32.2. The van der Waals surface area contributed by atoms with Gasteiger partial charge in [0.2, 0.25) is 5.91 Å². The predicted octanol–water partition coefficient (Wildman–Crippen LogP) is 1.19. The molecule has 1 amide bonds. The summed E-state index contributed by atoms with van der Waals surface area (Å²) in [4.78, 5) is 27.5. The van der Waals surface area contributed by atoms with Crippen LogP contribution < -0.4 is 10.6 Å². The van der Waals surface area contributed by atoms with Crippen LogP contribution in [0.3, 0.4) is 0 Å². The number of fused-ring (bicyclic) bond motifs is 3. The summed E-state index contributed by atoms with van der Waals surface area (Å²) >= 11 is 3.14. The smallest absolute Gasteiger partial charge is 0.233 e. The Morgan fingerprint density at radius 2 is 2.15 bits per heavy atom. The molecule has 6 nitrogen and oxygen atoms in total. The summed E-state index contributed by atoms with van der Waals surface area (Å²) in [6, 6.07) is 0.